The lowest BCUT2D eigenvalue weighted by Gasteiger charge is -2.13. The largest absolute Gasteiger partial charge is 0.496 e. The van der Waals surface area contributed by atoms with Crippen molar-refractivity contribution in [3.8, 4) is 5.75 Å². The molecule has 1 aromatic carbocycles. The zero-order valence-corrected chi connectivity index (χ0v) is 13.5. The van der Waals surface area contributed by atoms with Crippen LogP contribution in [-0.4, -0.2) is 28.3 Å². The average Bonchev–Trinajstić information content (AvgIpc) is 2.97. The second kappa shape index (κ2) is 6.87. The fraction of sp³-hybridized carbons (Fsp3) is 0.312. The van der Waals surface area contributed by atoms with Gasteiger partial charge in [-0.15, -0.1) is 0 Å². The van der Waals surface area contributed by atoms with Crippen molar-refractivity contribution in [2.75, 3.05) is 12.9 Å². The van der Waals surface area contributed by atoms with Gasteiger partial charge < -0.3 is 10.1 Å². The predicted octanol–water partition coefficient (Wildman–Crippen LogP) is 1.61. The lowest BCUT2D eigenvalue weighted by atomic mass is 10.2. The Morgan fingerprint density at radius 2 is 2.26 bits per heavy atom. The zero-order valence-electron chi connectivity index (χ0n) is 12.7. The number of aromatic nitrogens is 2. The molecule has 3 rings (SSSR count). The highest BCUT2D eigenvalue weighted by atomic mass is 32.2. The molecule has 0 radical (unpaired) electrons. The van der Waals surface area contributed by atoms with Crippen molar-refractivity contribution in [2.45, 2.75) is 24.2 Å². The number of para-hydroxylation sites is 1. The number of benzene rings is 1. The van der Waals surface area contributed by atoms with E-state index in [1.54, 1.807) is 11.7 Å². The minimum absolute atomic E-state index is 0.0925. The molecule has 1 aliphatic heterocycles. The van der Waals surface area contributed by atoms with E-state index in [2.05, 4.69) is 10.3 Å². The van der Waals surface area contributed by atoms with Gasteiger partial charge in [0.05, 0.1) is 13.2 Å². The van der Waals surface area contributed by atoms with Crippen LogP contribution in [-0.2, 0) is 11.3 Å². The Kier molecular flexibility index (Phi) is 4.66. The predicted molar refractivity (Wildman–Crippen MR) is 87.7 cm³/mol. The van der Waals surface area contributed by atoms with Crippen LogP contribution in [0.2, 0.25) is 0 Å². The van der Waals surface area contributed by atoms with Gasteiger partial charge >= 0.3 is 0 Å². The van der Waals surface area contributed by atoms with Crippen molar-refractivity contribution < 1.29 is 9.53 Å². The van der Waals surface area contributed by atoms with Gasteiger partial charge in [-0.05, 0) is 6.07 Å². The third kappa shape index (κ3) is 3.39. The highest BCUT2D eigenvalue weighted by Gasteiger charge is 2.26. The molecular weight excluding hydrogens is 314 g/mol. The first-order chi connectivity index (χ1) is 11.2. The van der Waals surface area contributed by atoms with Crippen LogP contribution in [0.1, 0.15) is 18.0 Å². The van der Waals surface area contributed by atoms with Crippen molar-refractivity contribution >= 4 is 17.7 Å². The summed E-state index contributed by atoms with van der Waals surface area (Å²) in [5.74, 6) is 1.34. The summed E-state index contributed by atoms with van der Waals surface area (Å²) in [5, 5.41) is 3.57. The molecule has 1 aliphatic rings. The first kappa shape index (κ1) is 15.6. The number of nitrogens with one attached hydrogen (secondary N) is 1. The van der Waals surface area contributed by atoms with Crippen LogP contribution in [0.5, 0.6) is 5.75 Å². The van der Waals surface area contributed by atoms with E-state index in [9.17, 15) is 9.59 Å². The van der Waals surface area contributed by atoms with E-state index in [-0.39, 0.29) is 23.9 Å². The van der Waals surface area contributed by atoms with Gasteiger partial charge in [0.25, 0.3) is 5.56 Å². The number of hydrogen-bond donors (Lipinski definition) is 1. The molecule has 0 bridgehead atoms. The van der Waals surface area contributed by atoms with E-state index in [4.69, 9.17) is 4.74 Å². The van der Waals surface area contributed by atoms with Crippen LogP contribution in [0.3, 0.4) is 0 Å². The van der Waals surface area contributed by atoms with E-state index >= 15 is 0 Å². The number of fused-ring (bicyclic) bond motifs is 1. The topological polar surface area (TPSA) is 73.2 Å². The standard InChI is InChI=1S/C16H17N3O3S/c1-22-13-5-3-2-4-11(13)9-18-14(20)8-12-10-23-16-17-7-6-15(21)19(12)16/h2-7,12H,8-10H2,1H3,(H,18,20). The van der Waals surface area contributed by atoms with Crippen molar-refractivity contribution in [2.24, 2.45) is 0 Å². The number of rotatable bonds is 5. The number of thioether (sulfide) groups is 1. The number of methoxy groups -OCH3 is 1. The molecule has 0 fully saturated rings. The number of amides is 1. The Balaban J connectivity index is 1.62. The van der Waals surface area contributed by atoms with E-state index in [0.29, 0.717) is 17.5 Å². The summed E-state index contributed by atoms with van der Waals surface area (Å²) < 4.78 is 6.87. The van der Waals surface area contributed by atoms with Crippen molar-refractivity contribution in [1.29, 1.82) is 0 Å². The van der Waals surface area contributed by atoms with E-state index < -0.39 is 0 Å². The third-order valence-corrected chi connectivity index (χ3v) is 4.82. The SMILES string of the molecule is COc1ccccc1CNC(=O)CC1CSc2nccc(=O)n21. The summed E-state index contributed by atoms with van der Waals surface area (Å²) in [7, 11) is 1.60. The third-order valence-electron chi connectivity index (χ3n) is 3.71. The summed E-state index contributed by atoms with van der Waals surface area (Å²) in [6.07, 6.45) is 1.77. The van der Waals surface area contributed by atoms with Crippen LogP contribution in [0.25, 0.3) is 0 Å². The molecule has 2 aromatic rings. The van der Waals surface area contributed by atoms with Crippen LogP contribution < -0.4 is 15.6 Å². The Morgan fingerprint density at radius 1 is 1.43 bits per heavy atom. The van der Waals surface area contributed by atoms with Crippen molar-refractivity contribution in [1.82, 2.24) is 14.9 Å². The first-order valence-electron chi connectivity index (χ1n) is 7.28. The molecule has 1 amide bonds. The number of nitrogens with zero attached hydrogens (tertiary/aromatic N) is 2. The number of ether oxygens (including phenoxy) is 1. The molecule has 120 valence electrons. The molecule has 0 saturated heterocycles. The fourth-order valence-electron chi connectivity index (χ4n) is 2.57. The highest BCUT2D eigenvalue weighted by Crippen LogP contribution is 2.31. The molecule has 1 atom stereocenters. The molecule has 1 aromatic heterocycles. The van der Waals surface area contributed by atoms with Crippen molar-refractivity contribution in [3.05, 3.63) is 52.4 Å². The summed E-state index contributed by atoms with van der Waals surface area (Å²) in [4.78, 5) is 28.3. The fourth-order valence-corrected chi connectivity index (χ4v) is 3.69. The van der Waals surface area contributed by atoms with E-state index in [1.807, 2.05) is 24.3 Å². The molecule has 7 heteroatoms. The number of carbonyl (C=O) groups is 1. The molecule has 2 heterocycles. The quantitative estimate of drug-likeness (QED) is 0.843. The smallest absolute Gasteiger partial charge is 0.254 e. The number of carbonyl (C=O) groups excluding carboxylic acids is 1. The second-order valence-corrected chi connectivity index (χ2v) is 6.18. The van der Waals surface area contributed by atoms with Crippen LogP contribution in [0, 0.1) is 0 Å². The minimum Gasteiger partial charge on any atom is -0.496 e. The van der Waals surface area contributed by atoms with Crippen LogP contribution in [0.15, 0.2) is 46.5 Å². The molecule has 6 nitrogen and oxygen atoms in total. The van der Waals surface area contributed by atoms with Crippen LogP contribution in [0.4, 0.5) is 0 Å². The number of hydrogen-bond acceptors (Lipinski definition) is 5. The Bertz CT molecular complexity index is 775. The molecule has 1 N–H and O–H groups in total. The van der Waals surface area contributed by atoms with E-state index in [1.165, 1.54) is 24.0 Å². The maximum absolute atomic E-state index is 12.2. The molecule has 0 spiro atoms. The van der Waals surface area contributed by atoms with Gasteiger partial charge in [0.2, 0.25) is 5.91 Å². The van der Waals surface area contributed by atoms with Gasteiger partial charge in [0, 0.05) is 36.5 Å². The molecule has 0 aliphatic carbocycles. The summed E-state index contributed by atoms with van der Waals surface area (Å²) in [6.45, 7) is 0.400. The lowest BCUT2D eigenvalue weighted by Crippen LogP contribution is -2.30. The Morgan fingerprint density at radius 3 is 3.09 bits per heavy atom. The van der Waals surface area contributed by atoms with Gasteiger partial charge in [-0.25, -0.2) is 4.98 Å². The molecule has 1 unspecified atom stereocenters. The monoisotopic (exact) mass is 331 g/mol. The summed E-state index contributed by atoms with van der Waals surface area (Å²) >= 11 is 1.50. The Labute approximate surface area is 137 Å². The zero-order chi connectivity index (χ0) is 16.2. The second-order valence-electron chi connectivity index (χ2n) is 5.19. The van der Waals surface area contributed by atoms with Gasteiger partial charge in [-0.3, -0.25) is 14.2 Å². The highest BCUT2D eigenvalue weighted by molar-refractivity contribution is 7.99. The van der Waals surface area contributed by atoms with Gasteiger partial charge in [-0.2, -0.15) is 0 Å². The summed E-state index contributed by atoms with van der Waals surface area (Å²) in [5.41, 5.74) is 0.811. The maximum Gasteiger partial charge on any atom is 0.254 e. The normalized spacial score (nSPS) is 16.0. The Hall–Kier alpha value is -2.28. The van der Waals surface area contributed by atoms with Gasteiger partial charge in [0.15, 0.2) is 5.16 Å². The molecular formula is C16H17N3O3S. The minimum atomic E-state index is -0.145. The molecule has 23 heavy (non-hydrogen) atoms. The lowest BCUT2D eigenvalue weighted by molar-refractivity contribution is -0.121. The van der Waals surface area contributed by atoms with Crippen LogP contribution >= 0.6 is 11.8 Å². The van der Waals surface area contributed by atoms with Gasteiger partial charge in [0.1, 0.15) is 5.75 Å². The summed E-state index contributed by atoms with van der Waals surface area (Å²) in [6, 6.07) is 8.84. The average molecular weight is 331 g/mol. The maximum atomic E-state index is 12.2. The van der Waals surface area contributed by atoms with Gasteiger partial charge in [-0.1, -0.05) is 30.0 Å². The van der Waals surface area contributed by atoms with Crippen molar-refractivity contribution in [3.63, 3.8) is 0 Å². The molecule has 0 saturated carbocycles. The van der Waals surface area contributed by atoms with E-state index in [0.717, 1.165) is 11.3 Å². The first-order valence-corrected chi connectivity index (χ1v) is 8.26.